The summed E-state index contributed by atoms with van der Waals surface area (Å²) in [6.07, 6.45) is 1.16. The number of anilines is 1. The predicted molar refractivity (Wildman–Crippen MR) is 83.0 cm³/mol. The number of nitrogens with one attached hydrogen (secondary N) is 3. The number of benzene rings is 1. The third kappa shape index (κ3) is 2.85. The van der Waals surface area contributed by atoms with Crippen molar-refractivity contribution in [2.24, 2.45) is 0 Å². The minimum Gasteiger partial charge on any atom is -0.365 e. The van der Waals surface area contributed by atoms with Gasteiger partial charge in [0.2, 0.25) is 0 Å². The number of hydrogen-bond acceptors (Lipinski definition) is 3. The largest absolute Gasteiger partial charge is 0.365 e. The second kappa shape index (κ2) is 5.67. The monoisotopic (exact) mass is 270 g/mol. The maximum atomic E-state index is 4.35. The van der Waals surface area contributed by atoms with E-state index in [9.17, 15) is 0 Å². The van der Waals surface area contributed by atoms with Gasteiger partial charge in [-0.2, -0.15) is 5.10 Å². The molecule has 0 amide bonds. The van der Waals surface area contributed by atoms with Gasteiger partial charge in [-0.05, 0) is 30.0 Å². The fourth-order valence-electron chi connectivity index (χ4n) is 2.58. The lowest BCUT2D eigenvalue weighted by Gasteiger charge is -2.08. The van der Waals surface area contributed by atoms with E-state index in [-0.39, 0.29) is 0 Å². The van der Waals surface area contributed by atoms with Crippen LogP contribution in [-0.4, -0.2) is 29.3 Å². The van der Waals surface area contributed by atoms with Crippen LogP contribution in [0.5, 0.6) is 0 Å². The first-order valence-electron chi connectivity index (χ1n) is 7.35. The first-order valence-corrected chi connectivity index (χ1v) is 7.35. The molecular formula is C16H22N4. The molecular weight excluding hydrogens is 248 g/mol. The molecule has 0 saturated carbocycles. The molecule has 1 atom stereocenters. The van der Waals surface area contributed by atoms with E-state index in [4.69, 9.17) is 0 Å². The third-order valence-corrected chi connectivity index (χ3v) is 3.88. The van der Waals surface area contributed by atoms with Crippen LogP contribution in [0.1, 0.15) is 31.7 Å². The summed E-state index contributed by atoms with van der Waals surface area (Å²) in [5.74, 6) is 1.50. The number of aromatic nitrogens is 2. The van der Waals surface area contributed by atoms with Gasteiger partial charge in [0.15, 0.2) is 0 Å². The summed E-state index contributed by atoms with van der Waals surface area (Å²) >= 11 is 0. The smallest absolute Gasteiger partial charge is 0.148 e. The van der Waals surface area contributed by atoms with E-state index in [1.807, 2.05) is 0 Å². The molecule has 4 nitrogen and oxygen atoms in total. The van der Waals surface area contributed by atoms with Gasteiger partial charge in [-0.3, -0.25) is 5.10 Å². The zero-order chi connectivity index (χ0) is 13.9. The molecule has 1 aliphatic heterocycles. The van der Waals surface area contributed by atoms with Crippen LogP contribution in [0, 0.1) is 0 Å². The minimum absolute atomic E-state index is 0.495. The molecule has 0 spiro atoms. The normalized spacial score (nSPS) is 18.6. The van der Waals surface area contributed by atoms with Crippen LogP contribution in [0.2, 0.25) is 0 Å². The number of H-pyrrole nitrogens is 1. The molecule has 1 aliphatic rings. The molecule has 1 saturated heterocycles. The van der Waals surface area contributed by atoms with E-state index in [0.29, 0.717) is 12.0 Å². The molecule has 0 radical (unpaired) electrons. The summed E-state index contributed by atoms with van der Waals surface area (Å²) in [7, 11) is 0. The second-order valence-corrected chi connectivity index (χ2v) is 5.78. The fourth-order valence-corrected chi connectivity index (χ4v) is 2.58. The van der Waals surface area contributed by atoms with Crippen LogP contribution in [0.4, 0.5) is 5.82 Å². The molecule has 3 N–H and O–H groups in total. The Bertz CT molecular complexity index is 550. The van der Waals surface area contributed by atoms with E-state index in [0.717, 1.165) is 31.0 Å². The van der Waals surface area contributed by atoms with Gasteiger partial charge < -0.3 is 10.6 Å². The van der Waals surface area contributed by atoms with Crippen molar-refractivity contribution >= 4 is 5.82 Å². The van der Waals surface area contributed by atoms with Crippen molar-refractivity contribution in [2.45, 2.75) is 32.2 Å². The van der Waals surface area contributed by atoms with E-state index >= 15 is 0 Å². The SMILES string of the molecule is CC(C)c1ccc(-c2cc(NC3CCNC3)n[nH]2)cc1. The number of hydrogen-bond donors (Lipinski definition) is 3. The Hall–Kier alpha value is -1.81. The highest BCUT2D eigenvalue weighted by molar-refractivity contribution is 5.63. The van der Waals surface area contributed by atoms with Gasteiger partial charge in [0.1, 0.15) is 5.82 Å². The lowest BCUT2D eigenvalue weighted by atomic mass is 10.0. The molecule has 4 heteroatoms. The summed E-state index contributed by atoms with van der Waals surface area (Å²) in [5, 5.41) is 14.3. The quantitative estimate of drug-likeness (QED) is 0.800. The summed E-state index contributed by atoms with van der Waals surface area (Å²) in [4.78, 5) is 0. The van der Waals surface area contributed by atoms with E-state index < -0.39 is 0 Å². The summed E-state index contributed by atoms with van der Waals surface area (Å²) in [6, 6.07) is 11.3. The lowest BCUT2D eigenvalue weighted by Crippen LogP contribution is -2.22. The topological polar surface area (TPSA) is 52.7 Å². The standard InChI is InChI=1S/C16H22N4/c1-11(2)12-3-5-13(6-4-12)15-9-16(20-19-15)18-14-7-8-17-10-14/h3-6,9,11,14,17H,7-8,10H2,1-2H3,(H2,18,19,20). The van der Waals surface area contributed by atoms with Gasteiger partial charge in [0.25, 0.3) is 0 Å². The second-order valence-electron chi connectivity index (χ2n) is 5.78. The first-order chi connectivity index (χ1) is 9.72. The van der Waals surface area contributed by atoms with Gasteiger partial charge in [-0.1, -0.05) is 38.1 Å². The van der Waals surface area contributed by atoms with Crippen LogP contribution in [0.3, 0.4) is 0 Å². The van der Waals surface area contributed by atoms with Crippen molar-refractivity contribution in [3.63, 3.8) is 0 Å². The molecule has 0 aliphatic carbocycles. The highest BCUT2D eigenvalue weighted by atomic mass is 15.2. The molecule has 106 valence electrons. The average Bonchev–Trinajstić information content (AvgIpc) is 3.11. The summed E-state index contributed by atoms with van der Waals surface area (Å²) < 4.78 is 0. The Labute approximate surface area is 120 Å². The van der Waals surface area contributed by atoms with Gasteiger partial charge >= 0.3 is 0 Å². The van der Waals surface area contributed by atoms with Crippen LogP contribution < -0.4 is 10.6 Å². The van der Waals surface area contributed by atoms with E-state index in [1.54, 1.807) is 0 Å². The van der Waals surface area contributed by atoms with E-state index in [1.165, 1.54) is 11.1 Å². The molecule has 0 bridgehead atoms. The maximum Gasteiger partial charge on any atom is 0.148 e. The Balaban J connectivity index is 1.72. The number of nitrogens with zero attached hydrogens (tertiary/aromatic N) is 1. The molecule has 1 fully saturated rings. The van der Waals surface area contributed by atoms with Crippen molar-refractivity contribution in [1.29, 1.82) is 0 Å². The van der Waals surface area contributed by atoms with Crippen molar-refractivity contribution in [2.75, 3.05) is 18.4 Å². The summed E-state index contributed by atoms with van der Waals surface area (Å²) in [5.41, 5.74) is 3.61. The summed E-state index contributed by atoms with van der Waals surface area (Å²) in [6.45, 7) is 6.53. The molecule has 3 rings (SSSR count). The molecule has 20 heavy (non-hydrogen) atoms. The molecule has 1 unspecified atom stereocenters. The van der Waals surface area contributed by atoms with Crippen molar-refractivity contribution in [3.05, 3.63) is 35.9 Å². The van der Waals surface area contributed by atoms with Crippen LogP contribution >= 0.6 is 0 Å². The Kier molecular flexibility index (Phi) is 3.74. The molecule has 1 aromatic heterocycles. The van der Waals surface area contributed by atoms with Gasteiger partial charge in [0.05, 0.1) is 5.69 Å². The highest BCUT2D eigenvalue weighted by Crippen LogP contribution is 2.23. The highest BCUT2D eigenvalue weighted by Gasteiger charge is 2.15. The fraction of sp³-hybridized carbons (Fsp3) is 0.438. The predicted octanol–water partition coefficient (Wildman–Crippen LogP) is 2.97. The Morgan fingerprint density at radius 1 is 1.25 bits per heavy atom. The zero-order valence-corrected chi connectivity index (χ0v) is 12.1. The molecule has 2 aromatic rings. The Morgan fingerprint density at radius 2 is 2.05 bits per heavy atom. The molecule has 1 aromatic carbocycles. The van der Waals surface area contributed by atoms with Crippen molar-refractivity contribution in [1.82, 2.24) is 15.5 Å². The average molecular weight is 270 g/mol. The van der Waals surface area contributed by atoms with Gasteiger partial charge in [0, 0.05) is 18.7 Å². The van der Waals surface area contributed by atoms with Crippen LogP contribution in [0.25, 0.3) is 11.3 Å². The van der Waals surface area contributed by atoms with Crippen LogP contribution in [0.15, 0.2) is 30.3 Å². The molecule has 2 heterocycles. The van der Waals surface area contributed by atoms with Crippen molar-refractivity contribution in [3.8, 4) is 11.3 Å². The van der Waals surface area contributed by atoms with Crippen LogP contribution in [-0.2, 0) is 0 Å². The zero-order valence-electron chi connectivity index (χ0n) is 12.1. The van der Waals surface area contributed by atoms with Gasteiger partial charge in [-0.15, -0.1) is 0 Å². The minimum atomic E-state index is 0.495. The number of rotatable bonds is 4. The lowest BCUT2D eigenvalue weighted by molar-refractivity contribution is 0.786. The van der Waals surface area contributed by atoms with Gasteiger partial charge in [-0.25, -0.2) is 0 Å². The maximum absolute atomic E-state index is 4.35. The number of aromatic amines is 1. The van der Waals surface area contributed by atoms with E-state index in [2.05, 4.69) is 65.0 Å². The van der Waals surface area contributed by atoms with Crippen molar-refractivity contribution < 1.29 is 0 Å². The Morgan fingerprint density at radius 3 is 2.70 bits per heavy atom. The first kappa shape index (κ1) is 13.2. The third-order valence-electron chi connectivity index (χ3n) is 3.88.